The SMILES string of the molecule is Cc1cncc(-c2ccc(-c3cc4cnc(C)nc4n(CCCCCN)c3=O)c(Cl)c2)n1. The van der Waals surface area contributed by atoms with E-state index in [0.717, 1.165) is 41.6 Å². The first-order valence-corrected chi connectivity index (χ1v) is 11.0. The quantitative estimate of drug-likeness (QED) is 0.423. The number of hydrogen-bond acceptors (Lipinski definition) is 6. The molecule has 0 aliphatic heterocycles. The summed E-state index contributed by atoms with van der Waals surface area (Å²) in [6.07, 6.45) is 7.87. The Morgan fingerprint density at radius 2 is 1.84 bits per heavy atom. The van der Waals surface area contributed by atoms with E-state index in [4.69, 9.17) is 17.3 Å². The molecule has 2 N–H and O–H groups in total. The number of aromatic nitrogens is 5. The van der Waals surface area contributed by atoms with E-state index in [1.807, 2.05) is 38.1 Å². The Hall–Kier alpha value is -3.16. The Kier molecular flexibility index (Phi) is 6.58. The first kappa shape index (κ1) is 22.0. The molecule has 0 saturated carbocycles. The lowest BCUT2D eigenvalue weighted by atomic mass is 10.0. The van der Waals surface area contributed by atoms with Crippen LogP contribution in [0.15, 0.2) is 47.7 Å². The molecule has 0 spiro atoms. The molecule has 0 bridgehead atoms. The first-order valence-electron chi connectivity index (χ1n) is 10.6. The molecule has 8 heteroatoms. The predicted octanol–water partition coefficient (Wildman–Crippen LogP) is 4.31. The molecular formula is C24H25ClN6O. The van der Waals surface area contributed by atoms with Crippen molar-refractivity contribution in [3.05, 3.63) is 69.8 Å². The highest BCUT2D eigenvalue weighted by molar-refractivity contribution is 6.33. The van der Waals surface area contributed by atoms with Crippen LogP contribution in [0.4, 0.5) is 0 Å². The van der Waals surface area contributed by atoms with Gasteiger partial charge in [-0.25, -0.2) is 15.0 Å². The number of fused-ring (bicyclic) bond motifs is 1. The highest BCUT2D eigenvalue weighted by Gasteiger charge is 2.16. The van der Waals surface area contributed by atoms with Crippen LogP contribution < -0.4 is 11.3 Å². The number of rotatable bonds is 7. The van der Waals surface area contributed by atoms with E-state index in [-0.39, 0.29) is 5.56 Å². The van der Waals surface area contributed by atoms with Crippen LogP contribution in [0, 0.1) is 13.8 Å². The van der Waals surface area contributed by atoms with Gasteiger partial charge in [0.25, 0.3) is 5.56 Å². The number of nitrogens with zero attached hydrogens (tertiary/aromatic N) is 5. The van der Waals surface area contributed by atoms with Gasteiger partial charge in [-0.3, -0.25) is 14.3 Å². The molecule has 0 aliphatic carbocycles. The van der Waals surface area contributed by atoms with Gasteiger partial charge >= 0.3 is 0 Å². The Morgan fingerprint density at radius 1 is 1.00 bits per heavy atom. The molecule has 0 atom stereocenters. The highest BCUT2D eigenvalue weighted by atomic mass is 35.5. The summed E-state index contributed by atoms with van der Waals surface area (Å²) in [7, 11) is 0. The molecule has 0 fully saturated rings. The van der Waals surface area contributed by atoms with Crippen molar-refractivity contribution >= 4 is 22.6 Å². The summed E-state index contributed by atoms with van der Waals surface area (Å²) in [5, 5.41) is 1.28. The van der Waals surface area contributed by atoms with Gasteiger partial charge in [-0.1, -0.05) is 30.2 Å². The van der Waals surface area contributed by atoms with E-state index < -0.39 is 0 Å². The van der Waals surface area contributed by atoms with Crippen molar-refractivity contribution in [2.45, 2.75) is 39.7 Å². The van der Waals surface area contributed by atoms with Gasteiger partial charge in [0.2, 0.25) is 0 Å². The van der Waals surface area contributed by atoms with Crippen LogP contribution in [-0.4, -0.2) is 31.0 Å². The fourth-order valence-electron chi connectivity index (χ4n) is 3.73. The van der Waals surface area contributed by atoms with Gasteiger partial charge in [-0.05, 0) is 45.4 Å². The van der Waals surface area contributed by atoms with Gasteiger partial charge in [0.1, 0.15) is 11.5 Å². The van der Waals surface area contributed by atoms with Crippen molar-refractivity contribution in [2.24, 2.45) is 5.73 Å². The fourth-order valence-corrected chi connectivity index (χ4v) is 4.01. The molecule has 32 heavy (non-hydrogen) atoms. The monoisotopic (exact) mass is 448 g/mol. The zero-order chi connectivity index (χ0) is 22.7. The van der Waals surface area contributed by atoms with E-state index in [0.29, 0.717) is 40.7 Å². The molecule has 7 nitrogen and oxygen atoms in total. The molecule has 0 saturated heterocycles. The molecule has 0 unspecified atom stereocenters. The Labute approximate surface area is 191 Å². The van der Waals surface area contributed by atoms with Gasteiger partial charge in [-0.2, -0.15) is 0 Å². The van der Waals surface area contributed by atoms with Gasteiger partial charge < -0.3 is 5.73 Å². The van der Waals surface area contributed by atoms with E-state index >= 15 is 0 Å². The minimum absolute atomic E-state index is 0.117. The normalized spacial score (nSPS) is 11.2. The minimum Gasteiger partial charge on any atom is -0.330 e. The molecule has 3 aromatic heterocycles. The predicted molar refractivity (Wildman–Crippen MR) is 128 cm³/mol. The largest absolute Gasteiger partial charge is 0.330 e. The highest BCUT2D eigenvalue weighted by Crippen LogP contribution is 2.31. The van der Waals surface area contributed by atoms with Crippen molar-refractivity contribution in [3.63, 3.8) is 0 Å². The summed E-state index contributed by atoms with van der Waals surface area (Å²) < 4.78 is 1.73. The molecule has 0 aliphatic rings. The number of halogens is 1. The summed E-state index contributed by atoms with van der Waals surface area (Å²) in [6.45, 7) is 4.92. The summed E-state index contributed by atoms with van der Waals surface area (Å²) in [5.41, 5.74) is 9.73. The van der Waals surface area contributed by atoms with Crippen molar-refractivity contribution < 1.29 is 0 Å². The maximum absolute atomic E-state index is 13.5. The van der Waals surface area contributed by atoms with Gasteiger partial charge in [0.15, 0.2) is 0 Å². The van der Waals surface area contributed by atoms with E-state index in [9.17, 15) is 4.79 Å². The Bertz CT molecular complexity index is 1330. The summed E-state index contributed by atoms with van der Waals surface area (Å²) in [5.74, 6) is 0.627. The van der Waals surface area contributed by atoms with Crippen LogP contribution in [0.1, 0.15) is 30.8 Å². The Morgan fingerprint density at radius 3 is 2.59 bits per heavy atom. The fraction of sp³-hybridized carbons (Fsp3) is 0.292. The molecule has 164 valence electrons. The summed E-state index contributed by atoms with van der Waals surface area (Å²) in [6, 6.07) is 7.41. The first-order chi connectivity index (χ1) is 15.5. The molecule has 0 amide bonds. The molecule has 3 heterocycles. The third kappa shape index (κ3) is 4.54. The van der Waals surface area contributed by atoms with Crippen LogP contribution in [0.3, 0.4) is 0 Å². The van der Waals surface area contributed by atoms with E-state index in [1.165, 1.54) is 0 Å². The number of aryl methyl sites for hydroxylation is 3. The zero-order valence-electron chi connectivity index (χ0n) is 18.2. The van der Waals surface area contributed by atoms with E-state index in [2.05, 4.69) is 19.9 Å². The molecule has 4 aromatic rings. The number of nitrogens with two attached hydrogens (primary N) is 1. The van der Waals surface area contributed by atoms with Gasteiger partial charge in [-0.15, -0.1) is 0 Å². The van der Waals surface area contributed by atoms with Crippen LogP contribution in [0.5, 0.6) is 0 Å². The van der Waals surface area contributed by atoms with Crippen LogP contribution >= 0.6 is 11.6 Å². The van der Waals surface area contributed by atoms with Gasteiger partial charge in [0, 0.05) is 46.0 Å². The average Bonchev–Trinajstić information content (AvgIpc) is 2.78. The van der Waals surface area contributed by atoms with Crippen molar-refractivity contribution in [1.82, 2.24) is 24.5 Å². The van der Waals surface area contributed by atoms with Crippen LogP contribution in [-0.2, 0) is 6.54 Å². The third-order valence-electron chi connectivity index (χ3n) is 5.34. The summed E-state index contributed by atoms with van der Waals surface area (Å²) in [4.78, 5) is 31.1. The third-order valence-corrected chi connectivity index (χ3v) is 5.66. The molecular weight excluding hydrogens is 424 g/mol. The number of hydrogen-bond donors (Lipinski definition) is 1. The van der Waals surface area contributed by atoms with Crippen molar-refractivity contribution in [3.8, 4) is 22.4 Å². The minimum atomic E-state index is -0.117. The lowest BCUT2D eigenvalue weighted by Gasteiger charge is -2.14. The standard InChI is InChI=1S/C24H25ClN6O/c1-15-12-27-14-22(29-15)17-6-7-19(21(25)11-17)20-10-18-13-28-16(2)30-23(18)31(24(20)32)9-5-3-4-8-26/h6-7,10-14H,3-5,8-9,26H2,1-2H3. The maximum atomic E-state index is 13.5. The second-order valence-electron chi connectivity index (χ2n) is 7.80. The lowest BCUT2D eigenvalue weighted by Crippen LogP contribution is -2.23. The lowest BCUT2D eigenvalue weighted by molar-refractivity contribution is 0.588. The molecule has 1 aromatic carbocycles. The van der Waals surface area contributed by atoms with Crippen molar-refractivity contribution in [2.75, 3.05) is 6.54 Å². The van der Waals surface area contributed by atoms with Gasteiger partial charge in [0.05, 0.1) is 17.6 Å². The number of unbranched alkanes of at least 4 members (excludes halogenated alkanes) is 2. The zero-order valence-corrected chi connectivity index (χ0v) is 18.9. The topological polar surface area (TPSA) is 99.6 Å². The average molecular weight is 449 g/mol. The Balaban J connectivity index is 1.81. The number of pyridine rings is 1. The second kappa shape index (κ2) is 9.54. The van der Waals surface area contributed by atoms with E-state index in [1.54, 1.807) is 23.2 Å². The maximum Gasteiger partial charge on any atom is 0.260 e. The van der Waals surface area contributed by atoms with Crippen LogP contribution in [0.25, 0.3) is 33.4 Å². The van der Waals surface area contributed by atoms with Crippen molar-refractivity contribution in [1.29, 1.82) is 0 Å². The molecule has 0 radical (unpaired) electrons. The second-order valence-corrected chi connectivity index (χ2v) is 8.21. The number of benzene rings is 1. The van der Waals surface area contributed by atoms with Crippen LogP contribution in [0.2, 0.25) is 5.02 Å². The smallest absolute Gasteiger partial charge is 0.260 e. The summed E-state index contributed by atoms with van der Waals surface area (Å²) >= 11 is 6.66. The molecule has 4 rings (SSSR count).